The number of benzene rings is 2. The van der Waals surface area contributed by atoms with Crippen molar-refractivity contribution >= 4 is 38.2 Å². The van der Waals surface area contributed by atoms with Crippen LogP contribution in [0.4, 0.5) is 5.69 Å². The zero-order valence-corrected chi connectivity index (χ0v) is 12.9. The van der Waals surface area contributed by atoms with Gasteiger partial charge in [0.1, 0.15) is 0 Å². The fourth-order valence-corrected chi connectivity index (χ4v) is 3.61. The molecular weight excluding hydrogens is 310 g/mol. The molecule has 23 heavy (non-hydrogen) atoms. The Hall–Kier alpha value is -2.86. The molecular formula is C17H13N3O2S. The number of nitrogen functional groups attached to an aromatic ring is 1. The van der Waals surface area contributed by atoms with Crippen LogP contribution in [-0.4, -0.2) is 20.5 Å². The molecule has 4 aromatic rings. The van der Waals surface area contributed by atoms with Crippen LogP contribution in [0, 0.1) is 0 Å². The molecule has 0 aliphatic heterocycles. The SMILES string of the molecule is Nc1ccc(-c2cn3c(n2)sc2ccc(CC(=O)O)cc23)cc1. The number of aliphatic carboxylic acids is 1. The Morgan fingerprint density at radius 3 is 2.74 bits per heavy atom. The molecule has 0 atom stereocenters. The van der Waals surface area contributed by atoms with E-state index in [1.165, 1.54) is 0 Å². The summed E-state index contributed by atoms with van der Waals surface area (Å²) in [6.45, 7) is 0. The molecule has 0 saturated heterocycles. The van der Waals surface area contributed by atoms with Gasteiger partial charge in [0.25, 0.3) is 0 Å². The summed E-state index contributed by atoms with van der Waals surface area (Å²) in [4.78, 5) is 16.4. The van der Waals surface area contributed by atoms with Gasteiger partial charge in [-0.3, -0.25) is 9.20 Å². The number of aromatic nitrogens is 2. The average molecular weight is 323 g/mol. The summed E-state index contributed by atoms with van der Waals surface area (Å²) in [5.41, 5.74) is 10.1. The van der Waals surface area contributed by atoms with E-state index in [1.54, 1.807) is 11.3 Å². The third-order valence-electron chi connectivity index (χ3n) is 3.72. The number of carboxylic acids is 1. The highest BCUT2D eigenvalue weighted by Crippen LogP contribution is 2.30. The van der Waals surface area contributed by atoms with Crippen LogP contribution in [0.2, 0.25) is 0 Å². The molecule has 4 rings (SSSR count). The van der Waals surface area contributed by atoms with Gasteiger partial charge in [-0.15, -0.1) is 0 Å². The molecule has 0 radical (unpaired) electrons. The van der Waals surface area contributed by atoms with Crippen LogP contribution in [0.1, 0.15) is 5.56 Å². The van der Waals surface area contributed by atoms with E-state index in [2.05, 4.69) is 4.98 Å². The molecule has 5 nitrogen and oxygen atoms in total. The number of hydrogen-bond donors (Lipinski definition) is 2. The second-order valence-corrected chi connectivity index (χ2v) is 6.38. The van der Waals surface area contributed by atoms with Gasteiger partial charge in [-0.25, -0.2) is 4.98 Å². The van der Waals surface area contributed by atoms with E-state index in [9.17, 15) is 4.79 Å². The van der Waals surface area contributed by atoms with Crippen molar-refractivity contribution < 1.29 is 9.90 Å². The lowest BCUT2D eigenvalue weighted by Crippen LogP contribution is -1.99. The van der Waals surface area contributed by atoms with Crippen molar-refractivity contribution in [3.63, 3.8) is 0 Å². The number of rotatable bonds is 3. The number of anilines is 1. The Labute approximate surface area is 135 Å². The van der Waals surface area contributed by atoms with Crippen molar-refractivity contribution in [2.45, 2.75) is 6.42 Å². The molecule has 114 valence electrons. The van der Waals surface area contributed by atoms with Gasteiger partial charge >= 0.3 is 5.97 Å². The predicted octanol–water partition coefficient (Wildman–Crippen LogP) is 3.43. The van der Waals surface area contributed by atoms with Gasteiger partial charge in [0.15, 0.2) is 4.96 Å². The Bertz CT molecular complexity index is 1030. The summed E-state index contributed by atoms with van der Waals surface area (Å²) in [7, 11) is 0. The standard InChI is InChI=1S/C17H13N3O2S/c18-12-4-2-11(3-5-12)13-9-20-14-7-10(8-16(21)22)1-6-15(14)23-17(20)19-13/h1-7,9H,8,18H2,(H,21,22). The molecule has 0 aliphatic carbocycles. The first-order valence-corrected chi connectivity index (χ1v) is 7.90. The van der Waals surface area contributed by atoms with Crippen LogP contribution in [0.5, 0.6) is 0 Å². The number of carboxylic acid groups (broad SMARTS) is 1. The number of fused-ring (bicyclic) bond motifs is 3. The lowest BCUT2D eigenvalue weighted by atomic mass is 10.1. The van der Waals surface area contributed by atoms with Crippen LogP contribution in [0.15, 0.2) is 48.7 Å². The average Bonchev–Trinajstić information content (AvgIpc) is 3.05. The summed E-state index contributed by atoms with van der Waals surface area (Å²) in [5, 5.41) is 8.95. The summed E-state index contributed by atoms with van der Waals surface area (Å²) in [5.74, 6) is -0.830. The van der Waals surface area contributed by atoms with Crippen LogP contribution < -0.4 is 5.73 Å². The molecule has 3 N–H and O–H groups in total. The maximum absolute atomic E-state index is 10.9. The van der Waals surface area contributed by atoms with Gasteiger partial charge in [0.05, 0.1) is 22.3 Å². The number of nitrogens with zero attached hydrogens (tertiary/aromatic N) is 2. The summed E-state index contributed by atoms with van der Waals surface area (Å²) in [6.07, 6.45) is 2.00. The highest BCUT2D eigenvalue weighted by atomic mass is 32.1. The highest BCUT2D eigenvalue weighted by Gasteiger charge is 2.11. The molecule has 6 heteroatoms. The van der Waals surface area contributed by atoms with E-state index in [0.29, 0.717) is 0 Å². The Morgan fingerprint density at radius 1 is 1.22 bits per heavy atom. The van der Waals surface area contributed by atoms with Crippen LogP contribution in [0.25, 0.3) is 26.4 Å². The maximum atomic E-state index is 10.9. The van der Waals surface area contributed by atoms with Crippen LogP contribution >= 0.6 is 11.3 Å². The normalized spacial score (nSPS) is 11.3. The van der Waals surface area contributed by atoms with Gasteiger partial charge in [-0.05, 0) is 29.8 Å². The van der Waals surface area contributed by atoms with Crippen molar-refractivity contribution in [2.24, 2.45) is 0 Å². The minimum Gasteiger partial charge on any atom is -0.481 e. The van der Waals surface area contributed by atoms with Gasteiger partial charge in [0.2, 0.25) is 0 Å². The summed E-state index contributed by atoms with van der Waals surface area (Å²) in [6, 6.07) is 13.3. The van der Waals surface area contributed by atoms with E-state index in [1.807, 2.05) is 53.1 Å². The van der Waals surface area contributed by atoms with Gasteiger partial charge < -0.3 is 10.8 Å². The third-order valence-corrected chi connectivity index (χ3v) is 4.76. The van der Waals surface area contributed by atoms with Crippen LogP contribution in [-0.2, 0) is 11.2 Å². The van der Waals surface area contributed by atoms with E-state index >= 15 is 0 Å². The first kappa shape index (κ1) is 13.8. The molecule has 0 bridgehead atoms. The lowest BCUT2D eigenvalue weighted by molar-refractivity contribution is -0.136. The predicted molar refractivity (Wildman–Crippen MR) is 91.8 cm³/mol. The third kappa shape index (κ3) is 2.43. The largest absolute Gasteiger partial charge is 0.481 e. The van der Waals surface area contributed by atoms with Gasteiger partial charge in [0, 0.05) is 17.4 Å². The number of thiazole rings is 1. The minimum atomic E-state index is -0.830. The van der Waals surface area contributed by atoms with Crippen molar-refractivity contribution in [2.75, 3.05) is 5.73 Å². The smallest absolute Gasteiger partial charge is 0.307 e. The number of carbonyl (C=O) groups is 1. The summed E-state index contributed by atoms with van der Waals surface area (Å²) < 4.78 is 3.10. The first-order chi connectivity index (χ1) is 11.1. The molecule has 0 unspecified atom stereocenters. The highest BCUT2D eigenvalue weighted by molar-refractivity contribution is 7.23. The molecule has 2 aromatic carbocycles. The Balaban J connectivity index is 1.84. The van der Waals surface area contributed by atoms with Crippen molar-refractivity contribution in [1.82, 2.24) is 9.38 Å². The molecule has 2 heterocycles. The second-order valence-electron chi connectivity index (χ2n) is 5.38. The van der Waals surface area contributed by atoms with E-state index in [4.69, 9.17) is 10.8 Å². The Kier molecular flexibility index (Phi) is 3.06. The van der Waals surface area contributed by atoms with E-state index < -0.39 is 5.97 Å². The fraction of sp³-hybridized carbons (Fsp3) is 0.0588. The van der Waals surface area contributed by atoms with E-state index in [-0.39, 0.29) is 6.42 Å². The fourth-order valence-electron chi connectivity index (χ4n) is 2.62. The zero-order chi connectivity index (χ0) is 16.0. The molecule has 0 amide bonds. The van der Waals surface area contributed by atoms with Crippen molar-refractivity contribution in [1.29, 1.82) is 0 Å². The van der Waals surface area contributed by atoms with Crippen LogP contribution in [0.3, 0.4) is 0 Å². The Morgan fingerprint density at radius 2 is 2.00 bits per heavy atom. The zero-order valence-electron chi connectivity index (χ0n) is 12.1. The lowest BCUT2D eigenvalue weighted by Gasteiger charge is -1.98. The molecule has 0 aliphatic rings. The monoisotopic (exact) mass is 323 g/mol. The topological polar surface area (TPSA) is 80.6 Å². The summed E-state index contributed by atoms with van der Waals surface area (Å²) >= 11 is 1.59. The quantitative estimate of drug-likeness (QED) is 0.566. The maximum Gasteiger partial charge on any atom is 0.307 e. The van der Waals surface area contributed by atoms with Gasteiger partial charge in [-0.2, -0.15) is 0 Å². The molecule has 2 aromatic heterocycles. The molecule has 0 fully saturated rings. The second kappa shape index (κ2) is 5.10. The number of imidazole rings is 1. The first-order valence-electron chi connectivity index (χ1n) is 7.08. The minimum absolute atomic E-state index is 0.0206. The van der Waals surface area contributed by atoms with Crippen molar-refractivity contribution in [3.05, 3.63) is 54.2 Å². The van der Waals surface area contributed by atoms with E-state index in [0.717, 1.165) is 37.7 Å². The molecule has 0 spiro atoms. The molecule has 0 saturated carbocycles. The number of nitrogens with two attached hydrogens (primary N) is 1. The van der Waals surface area contributed by atoms with Gasteiger partial charge in [-0.1, -0.05) is 29.5 Å². The van der Waals surface area contributed by atoms with Crippen molar-refractivity contribution in [3.8, 4) is 11.3 Å². The number of hydrogen-bond acceptors (Lipinski definition) is 4.